The Morgan fingerprint density at radius 3 is 2.17 bits per heavy atom. The summed E-state index contributed by atoms with van der Waals surface area (Å²) < 4.78 is 6.07. The van der Waals surface area contributed by atoms with Crippen LogP contribution in [0.15, 0.2) is 85.1 Å². The van der Waals surface area contributed by atoms with Crippen molar-refractivity contribution in [2.75, 3.05) is 25.5 Å². The molecule has 1 heterocycles. The van der Waals surface area contributed by atoms with Crippen LogP contribution in [0.1, 0.15) is 37.4 Å². The number of aromatic nitrogens is 1. The highest BCUT2D eigenvalue weighted by molar-refractivity contribution is 6.30. The number of ether oxygens (including phenoxy) is 1. The standard InChI is InChI=1S/C32H31ClN4O5/c1-37(2)29-14-8-24(19-35-29)32(41)36-20-25-17-22(18-30(38)39)5-13-28(25)42-27-11-6-23(7-12-27)31(40)34-16-15-21-3-9-26(33)10-4-21/h3-14,17,19H,15-16,18,20H2,1-2H3,(H,34,40)(H,36,41)(H,38,39). The van der Waals surface area contributed by atoms with Crippen molar-refractivity contribution in [1.29, 1.82) is 0 Å². The monoisotopic (exact) mass is 586 g/mol. The summed E-state index contributed by atoms with van der Waals surface area (Å²) in [6.07, 6.45) is 2.01. The number of carboxylic acids is 1. The van der Waals surface area contributed by atoms with E-state index in [9.17, 15) is 19.5 Å². The van der Waals surface area contributed by atoms with Crippen molar-refractivity contribution in [2.45, 2.75) is 19.4 Å². The number of carbonyl (C=O) groups excluding carboxylic acids is 2. The second-order valence-corrected chi connectivity index (χ2v) is 10.2. The van der Waals surface area contributed by atoms with E-state index < -0.39 is 5.97 Å². The van der Waals surface area contributed by atoms with Crippen LogP contribution in [0, 0.1) is 0 Å². The molecule has 216 valence electrons. The molecule has 2 amide bonds. The van der Waals surface area contributed by atoms with Crippen molar-refractivity contribution in [3.05, 3.63) is 118 Å². The summed E-state index contributed by atoms with van der Waals surface area (Å²) in [6, 6.07) is 22.6. The number of hydrogen-bond acceptors (Lipinski definition) is 6. The molecule has 0 aliphatic carbocycles. The molecular weight excluding hydrogens is 556 g/mol. The van der Waals surface area contributed by atoms with E-state index >= 15 is 0 Å². The molecule has 0 aliphatic heterocycles. The van der Waals surface area contributed by atoms with Crippen LogP contribution >= 0.6 is 11.6 Å². The summed E-state index contributed by atoms with van der Waals surface area (Å²) >= 11 is 5.92. The number of amides is 2. The molecule has 3 N–H and O–H groups in total. The van der Waals surface area contributed by atoms with Crippen LogP contribution in [0.2, 0.25) is 5.02 Å². The molecule has 9 nitrogen and oxygen atoms in total. The maximum Gasteiger partial charge on any atom is 0.307 e. The minimum atomic E-state index is -0.965. The van der Waals surface area contributed by atoms with Gasteiger partial charge in [-0.05, 0) is 78.2 Å². The van der Waals surface area contributed by atoms with Crippen LogP contribution in [-0.4, -0.2) is 48.5 Å². The van der Waals surface area contributed by atoms with Gasteiger partial charge in [0.15, 0.2) is 0 Å². The van der Waals surface area contributed by atoms with Crippen LogP contribution in [0.25, 0.3) is 0 Å². The predicted molar refractivity (Wildman–Crippen MR) is 162 cm³/mol. The summed E-state index contributed by atoms with van der Waals surface area (Å²) in [5.41, 5.74) is 3.12. The van der Waals surface area contributed by atoms with Gasteiger partial charge in [-0.3, -0.25) is 14.4 Å². The first kappa shape index (κ1) is 30.1. The maximum absolute atomic E-state index is 12.8. The van der Waals surface area contributed by atoms with Crippen molar-refractivity contribution in [3.8, 4) is 11.5 Å². The fourth-order valence-corrected chi connectivity index (χ4v) is 4.22. The average Bonchev–Trinajstić information content (AvgIpc) is 2.98. The summed E-state index contributed by atoms with van der Waals surface area (Å²) in [5, 5.41) is 15.7. The van der Waals surface area contributed by atoms with E-state index in [4.69, 9.17) is 16.3 Å². The summed E-state index contributed by atoms with van der Waals surface area (Å²) in [7, 11) is 3.72. The number of halogens is 1. The number of rotatable bonds is 12. The van der Waals surface area contributed by atoms with Crippen LogP contribution < -0.4 is 20.3 Å². The van der Waals surface area contributed by atoms with E-state index in [0.29, 0.717) is 51.7 Å². The van der Waals surface area contributed by atoms with E-state index in [2.05, 4.69) is 15.6 Å². The largest absolute Gasteiger partial charge is 0.481 e. The van der Waals surface area contributed by atoms with Crippen molar-refractivity contribution in [3.63, 3.8) is 0 Å². The van der Waals surface area contributed by atoms with Crippen molar-refractivity contribution >= 4 is 35.2 Å². The topological polar surface area (TPSA) is 121 Å². The number of carbonyl (C=O) groups is 3. The van der Waals surface area contributed by atoms with E-state index in [-0.39, 0.29) is 24.8 Å². The molecule has 4 aromatic rings. The second kappa shape index (κ2) is 14.1. The second-order valence-electron chi connectivity index (χ2n) is 9.75. The number of nitrogens with zero attached hydrogens (tertiary/aromatic N) is 2. The highest BCUT2D eigenvalue weighted by Crippen LogP contribution is 2.27. The van der Waals surface area contributed by atoms with Gasteiger partial charge in [0.25, 0.3) is 11.8 Å². The lowest BCUT2D eigenvalue weighted by molar-refractivity contribution is -0.136. The first-order valence-corrected chi connectivity index (χ1v) is 13.6. The normalized spacial score (nSPS) is 10.5. The third-order valence-electron chi connectivity index (χ3n) is 6.34. The summed E-state index contributed by atoms with van der Waals surface area (Å²) in [4.78, 5) is 42.7. The number of aliphatic carboxylic acids is 1. The molecule has 0 unspecified atom stereocenters. The molecule has 0 bridgehead atoms. The molecule has 0 spiro atoms. The zero-order valence-corrected chi connectivity index (χ0v) is 24.0. The van der Waals surface area contributed by atoms with Crippen LogP contribution in [-0.2, 0) is 24.2 Å². The first-order chi connectivity index (χ1) is 20.2. The van der Waals surface area contributed by atoms with Crippen LogP contribution in [0.3, 0.4) is 0 Å². The molecule has 42 heavy (non-hydrogen) atoms. The molecule has 4 rings (SSSR count). The highest BCUT2D eigenvalue weighted by Gasteiger charge is 2.13. The predicted octanol–water partition coefficient (Wildman–Crippen LogP) is 5.12. The van der Waals surface area contributed by atoms with Gasteiger partial charge < -0.3 is 25.4 Å². The number of anilines is 1. The summed E-state index contributed by atoms with van der Waals surface area (Å²) in [6.45, 7) is 0.581. The molecule has 0 saturated carbocycles. The molecular formula is C32H31ClN4O5. The minimum Gasteiger partial charge on any atom is -0.481 e. The number of benzene rings is 3. The Hall–Kier alpha value is -4.89. The van der Waals surface area contributed by atoms with Gasteiger partial charge in [0.1, 0.15) is 17.3 Å². The average molecular weight is 587 g/mol. The first-order valence-electron chi connectivity index (χ1n) is 13.2. The van der Waals surface area contributed by atoms with Crippen LogP contribution in [0.5, 0.6) is 11.5 Å². The van der Waals surface area contributed by atoms with E-state index in [1.807, 2.05) is 43.3 Å². The Bertz CT molecular complexity index is 1540. The molecule has 0 aliphatic rings. The van der Waals surface area contributed by atoms with Gasteiger partial charge in [-0.1, -0.05) is 29.8 Å². The van der Waals surface area contributed by atoms with E-state index in [0.717, 1.165) is 11.4 Å². The van der Waals surface area contributed by atoms with E-state index in [1.54, 1.807) is 54.6 Å². The Morgan fingerprint density at radius 2 is 1.52 bits per heavy atom. The maximum atomic E-state index is 12.8. The molecule has 3 aromatic carbocycles. The number of nitrogens with one attached hydrogen (secondary N) is 2. The highest BCUT2D eigenvalue weighted by atomic mass is 35.5. The molecule has 0 radical (unpaired) electrons. The van der Waals surface area contributed by atoms with Gasteiger partial charge >= 0.3 is 5.97 Å². The lowest BCUT2D eigenvalue weighted by Gasteiger charge is -2.14. The Morgan fingerprint density at radius 1 is 0.857 bits per heavy atom. The van der Waals surface area contributed by atoms with Crippen LogP contribution in [0.4, 0.5) is 5.82 Å². The fraction of sp³-hybridized carbons (Fsp3) is 0.188. The van der Waals surface area contributed by atoms with Gasteiger partial charge in [0, 0.05) is 49.5 Å². The zero-order chi connectivity index (χ0) is 30.1. The Kier molecular flexibility index (Phi) is 10.1. The minimum absolute atomic E-state index is 0.102. The fourth-order valence-electron chi connectivity index (χ4n) is 4.09. The number of carboxylic acid groups (broad SMARTS) is 1. The van der Waals surface area contributed by atoms with Gasteiger partial charge in [0.05, 0.1) is 12.0 Å². The zero-order valence-electron chi connectivity index (χ0n) is 23.3. The molecule has 1 aromatic heterocycles. The quantitative estimate of drug-likeness (QED) is 0.211. The van der Waals surface area contributed by atoms with E-state index in [1.165, 1.54) is 6.20 Å². The van der Waals surface area contributed by atoms with Gasteiger partial charge in [-0.2, -0.15) is 0 Å². The lowest BCUT2D eigenvalue weighted by Crippen LogP contribution is -2.25. The molecule has 0 atom stereocenters. The molecule has 0 fully saturated rings. The smallest absolute Gasteiger partial charge is 0.307 e. The number of hydrogen-bond donors (Lipinski definition) is 3. The van der Waals surface area contributed by atoms with Crippen molar-refractivity contribution in [2.24, 2.45) is 0 Å². The summed E-state index contributed by atoms with van der Waals surface area (Å²) in [5.74, 6) is 0.164. The number of pyridine rings is 1. The Labute approximate surface area is 249 Å². The van der Waals surface area contributed by atoms with Crippen molar-refractivity contribution in [1.82, 2.24) is 15.6 Å². The molecule has 0 saturated heterocycles. The van der Waals surface area contributed by atoms with Gasteiger partial charge in [0.2, 0.25) is 0 Å². The van der Waals surface area contributed by atoms with Gasteiger partial charge in [-0.15, -0.1) is 0 Å². The lowest BCUT2D eigenvalue weighted by atomic mass is 10.1. The van der Waals surface area contributed by atoms with Gasteiger partial charge in [-0.25, -0.2) is 4.98 Å². The third kappa shape index (κ3) is 8.55. The third-order valence-corrected chi connectivity index (χ3v) is 6.60. The Balaban J connectivity index is 1.40. The van der Waals surface area contributed by atoms with Crippen molar-refractivity contribution < 1.29 is 24.2 Å². The molecule has 10 heteroatoms. The SMILES string of the molecule is CN(C)c1ccc(C(=O)NCc2cc(CC(=O)O)ccc2Oc2ccc(C(=O)NCCc3ccc(Cl)cc3)cc2)cn1.